The average molecular weight is 443 g/mol. The molecule has 1 aliphatic rings. The molecule has 3 aromatic heterocycles. The molecular formula is C25H26N6O2. The molecule has 5 rings (SSSR count). The summed E-state index contributed by atoms with van der Waals surface area (Å²) < 4.78 is 7.33. The lowest BCUT2D eigenvalue weighted by molar-refractivity contribution is 0.434. The molecule has 168 valence electrons. The van der Waals surface area contributed by atoms with Gasteiger partial charge in [-0.05, 0) is 36.9 Å². The third kappa shape index (κ3) is 4.42. The number of hydrogen-bond acceptors (Lipinski definition) is 7. The summed E-state index contributed by atoms with van der Waals surface area (Å²) in [6.07, 6.45) is 5.73. The van der Waals surface area contributed by atoms with E-state index in [1.165, 1.54) is 5.56 Å². The molecule has 3 N–H and O–H groups in total. The van der Waals surface area contributed by atoms with Crippen LogP contribution in [-0.4, -0.2) is 26.7 Å². The van der Waals surface area contributed by atoms with Gasteiger partial charge in [-0.25, -0.2) is 9.97 Å². The minimum Gasteiger partial charge on any atom is -0.382 e. The van der Waals surface area contributed by atoms with Crippen LogP contribution >= 0.6 is 0 Å². The number of nitrogens with one attached hydrogen (secondary N) is 1. The zero-order chi connectivity index (χ0) is 23.0. The van der Waals surface area contributed by atoms with Crippen LogP contribution < -0.4 is 16.6 Å². The van der Waals surface area contributed by atoms with E-state index in [9.17, 15) is 4.79 Å². The number of anilines is 1. The van der Waals surface area contributed by atoms with Crippen LogP contribution in [0.2, 0.25) is 0 Å². The van der Waals surface area contributed by atoms with Crippen molar-refractivity contribution >= 4 is 5.82 Å². The first-order chi connectivity index (χ1) is 15.9. The van der Waals surface area contributed by atoms with Crippen LogP contribution in [-0.2, 0) is 13.1 Å². The molecule has 3 heterocycles. The predicted molar refractivity (Wildman–Crippen MR) is 127 cm³/mol. The highest BCUT2D eigenvalue weighted by atomic mass is 16.5. The number of aromatic nitrogens is 4. The zero-order valence-corrected chi connectivity index (χ0v) is 18.7. The summed E-state index contributed by atoms with van der Waals surface area (Å²) in [7, 11) is 1.92. The molecule has 0 atom stereocenters. The fourth-order valence-corrected chi connectivity index (χ4v) is 3.83. The van der Waals surface area contributed by atoms with Crippen molar-refractivity contribution in [1.82, 2.24) is 25.0 Å². The van der Waals surface area contributed by atoms with Gasteiger partial charge < -0.3 is 20.1 Å². The van der Waals surface area contributed by atoms with Gasteiger partial charge in [0.25, 0.3) is 5.56 Å². The van der Waals surface area contributed by atoms with E-state index in [4.69, 9.17) is 15.2 Å². The molecule has 0 radical (unpaired) electrons. The molecule has 4 aromatic rings. The van der Waals surface area contributed by atoms with Crippen molar-refractivity contribution in [1.29, 1.82) is 0 Å². The summed E-state index contributed by atoms with van der Waals surface area (Å²) in [5.74, 6) is 0.694. The molecular weight excluding hydrogens is 416 g/mol. The Balaban J connectivity index is 1.45. The Labute approximate surface area is 191 Å². The summed E-state index contributed by atoms with van der Waals surface area (Å²) in [6, 6.07) is 13.2. The number of nitrogen functional groups attached to an aromatic ring is 1. The fourth-order valence-electron chi connectivity index (χ4n) is 3.83. The van der Waals surface area contributed by atoms with Gasteiger partial charge in [-0.3, -0.25) is 4.79 Å². The normalized spacial score (nSPS) is 14.4. The molecule has 0 spiro atoms. The van der Waals surface area contributed by atoms with E-state index in [2.05, 4.69) is 22.4 Å². The molecule has 1 fully saturated rings. The van der Waals surface area contributed by atoms with Crippen LogP contribution in [0.25, 0.3) is 34.0 Å². The highest BCUT2D eigenvalue weighted by Crippen LogP contribution is 2.46. The predicted octanol–water partition coefficient (Wildman–Crippen LogP) is 3.73. The van der Waals surface area contributed by atoms with Gasteiger partial charge in [0.2, 0.25) is 0 Å². The number of nitrogens with zero attached hydrogens (tertiary/aromatic N) is 4. The molecule has 1 saturated carbocycles. The summed E-state index contributed by atoms with van der Waals surface area (Å²) >= 11 is 0. The van der Waals surface area contributed by atoms with E-state index in [1.807, 2.05) is 43.6 Å². The number of hydrogen-bond donors (Lipinski definition) is 2. The van der Waals surface area contributed by atoms with Crippen LogP contribution in [0.5, 0.6) is 0 Å². The van der Waals surface area contributed by atoms with Gasteiger partial charge in [0, 0.05) is 42.5 Å². The first-order valence-corrected chi connectivity index (χ1v) is 11.0. The second kappa shape index (κ2) is 8.29. The minimum atomic E-state index is -0.0175. The molecule has 8 nitrogen and oxygen atoms in total. The monoisotopic (exact) mass is 442 g/mol. The van der Waals surface area contributed by atoms with E-state index in [1.54, 1.807) is 22.9 Å². The third-order valence-corrected chi connectivity index (χ3v) is 6.11. The first kappa shape index (κ1) is 21.1. The van der Waals surface area contributed by atoms with Gasteiger partial charge in [-0.15, -0.1) is 0 Å². The Morgan fingerprint density at radius 2 is 1.88 bits per heavy atom. The summed E-state index contributed by atoms with van der Waals surface area (Å²) in [5, 5.41) is 7.33. The van der Waals surface area contributed by atoms with Gasteiger partial charge >= 0.3 is 0 Å². The summed E-state index contributed by atoms with van der Waals surface area (Å²) in [5.41, 5.74) is 11.0. The van der Waals surface area contributed by atoms with Gasteiger partial charge in [-0.2, -0.15) is 0 Å². The average Bonchev–Trinajstić information content (AvgIpc) is 3.33. The SMILES string of the molecule is CNCc1ccc(-c2cc(-c3nc(-c4ccc(=O)n(CC5(C)CC5)c4)cnc3N)on2)cc1. The van der Waals surface area contributed by atoms with Crippen molar-refractivity contribution in [2.45, 2.75) is 32.9 Å². The third-order valence-electron chi connectivity index (χ3n) is 6.11. The van der Waals surface area contributed by atoms with E-state index in [0.717, 1.165) is 30.5 Å². The summed E-state index contributed by atoms with van der Waals surface area (Å²) in [4.78, 5) is 21.3. The van der Waals surface area contributed by atoms with Crippen molar-refractivity contribution in [3.05, 3.63) is 70.8 Å². The first-order valence-electron chi connectivity index (χ1n) is 11.0. The number of nitrogens with two attached hydrogens (primary N) is 1. The number of rotatable bonds is 7. The smallest absolute Gasteiger partial charge is 0.250 e. The zero-order valence-electron chi connectivity index (χ0n) is 18.7. The molecule has 8 heteroatoms. The standard InChI is InChI=1S/C25H26N6O2/c1-25(9-10-25)15-31-14-18(7-8-22(31)32)20-13-28-24(26)23(29-20)21-11-19(30-33-21)17-5-3-16(4-6-17)12-27-2/h3-8,11,13-14,27H,9-10,12,15H2,1-2H3,(H2,26,28). The Hall–Kier alpha value is -3.78. The molecule has 0 amide bonds. The van der Waals surface area contributed by atoms with E-state index in [-0.39, 0.29) is 16.8 Å². The van der Waals surface area contributed by atoms with E-state index in [0.29, 0.717) is 29.4 Å². The topological polar surface area (TPSA) is 112 Å². The van der Waals surface area contributed by atoms with Crippen LogP contribution in [0.4, 0.5) is 5.82 Å². The highest BCUT2D eigenvalue weighted by Gasteiger charge is 2.37. The lowest BCUT2D eigenvalue weighted by Crippen LogP contribution is -2.22. The van der Waals surface area contributed by atoms with Crippen molar-refractivity contribution < 1.29 is 4.52 Å². The lowest BCUT2D eigenvalue weighted by Gasteiger charge is -2.12. The van der Waals surface area contributed by atoms with Crippen LogP contribution in [0.3, 0.4) is 0 Å². The van der Waals surface area contributed by atoms with Crippen molar-refractivity contribution in [2.24, 2.45) is 5.41 Å². The Morgan fingerprint density at radius 3 is 2.61 bits per heavy atom. The van der Waals surface area contributed by atoms with Crippen LogP contribution in [0, 0.1) is 5.41 Å². The van der Waals surface area contributed by atoms with Gasteiger partial charge in [-0.1, -0.05) is 36.3 Å². The van der Waals surface area contributed by atoms with Crippen LogP contribution in [0.15, 0.2) is 64.2 Å². The Kier molecular flexibility index (Phi) is 5.30. The maximum absolute atomic E-state index is 12.3. The number of benzene rings is 1. The van der Waals surface area contributed by atoms with Gasteiger partial charge in [0.05, 0.1) is 11.9 Å². The lowest BCUT2D eigenvalue weighted by atomic mass is 10.1. The molecule has 1 aromatic carbocycles. The highest BCUT2D eigenvalue weighted by molar-refractivity contribution is 5.72. The molecule has 0 saturated heterocycles. The Morgan fingerprint density at radius 1 is 1.12 bits per heavy atom. The quantitative estimate of drug-likeness (QED) is 0.448. The largest absolute Gasteiger partial charge is 0.382 e. The molecule has 0 unspecified atom stereocenters. The Bertz CT molecular complexity index is 1350. The summed E-state index contributed by atoms with van der Waals surface area (Å²) in [6.45, 7) is 3.70. The molecule has 0 aliphatic heterocycles. The van der Waals surface area contributed by atoms with E-state index < -0.39 is 0 Å². The van der Waals surface area contributed by atoms with Crippen molar-refractivity contribution in [2.75, 3.05) is 12.8 Å². The molecule has 0 bridgehead atoms. The van der Waals surface area contributed by atoms with Crippen LogP contribution in [0.1, 0.15) is 25.3 Å². The maximum atomic E-state index is 12.3. The second-order valence-electron chi connectivity index (χ2n) is 8.99. The van der Waals surface area contributed by atoms with Crippen molar-refractivity contribution in [3.8, 4) is 34.0 Å². The van der Waals surface area contributed by atoms with Crippen molar-refractivity contribution in [3.63, 3.8) is 0 Å². The maximum Gasteiger partial charge on any atom is 0.250 e. The fraction of sp³-hybridized carbons (Fsp3) is 0.280. The van der Waals surface area contributed by atoms with E-state index >= 15 is 0 Å². The molecule has 1 aliphatic carbocycles. The second-order valence-corrected chi connectivity index (χ2v) is 8.99. The van der Waals surface area contributed by atoms with Gasteiger partial charge in [0.15, 0.2) is 17.3 Å². The van der Waals surface area contributed by atoms with Gasteiger partial charge in [0.1, 0.15) is 5.69 Å². The minimum absolute atomic E-state index is 0.0175. The number of pyridine rings is 1. The molecule has 33 heavy (non-hydrogen) atoms.